The molecule has 0 saturated heterocycles. The highest BCUT2D eigenvalue weighted by atomic mass is 35.5. The van der Waals surface area contributed by atoms with E-state index in [0.717, 1.165) is 11.4 Å². The van der Waals surface area contributed by atoms with E-state index in [9.17, 15) is 0 Å². The molecule has 3 heteroatoms. The third-order valence-corrected chi connectivity index (χ3v) is 3.34. The number of rotatable bonds is 5. The Morgan fingerprint density at radius 2 is 2.21 bits per heavy atom. The van der Waals surface area contributed by atoms with Gasteiger partial charge in [0.25, 0.3) is 0 Å². The monoisotopic (exact) mass is 229 g/mol. The van der Waals surface area contributed by atoms with Gasteiger partial charge in [-0.25, -0.2) is 0 Å². The first kappa shape index (κ1) is 11.7. The second-order valence-corrected chi connectivity index (χ2v) is 4.79. The highest BCUT2D eigenvalue weighted by Gasteiger charge is 1.99. The van der Waals surface area contributed by atoms with Crippen molar-refractivity contribution in [3.05, 3.63) is 28.8 Å². The molecule has 0 spiro atoms. The Hall–Kier alpha value is -0.340. The van der Waals surface area contributed by atoms with E-state index in [2.05, 4.69) is 6.92 Å². The SMILES string of the molecule is CCCCSCc1ccc(Cl)cc1N. The predicted molar refractivity (Wildman–Crippen MR) is 66.9 cm³/mol. The predicted octanol–water partition coefficient (Wildman–Crippen LogP) is 3.96. The minimum absolute atomic E-state index is 0.713. The normalized spacial score (nSPS) is 10.4. The van der Waals surface area contributed by atoms with E-state index in [0.29, 0.717) is 5.02 Å². The number of halogens is 1. The Morgan fingerprint density at radius 3 is 2.86 bits per heavy atom. The van der Waals surface area contributed by atoms with Crippen molar-refractivity contribution < 1.29 is 0 Å². The first-order chi connectivity index (χ1) is 6.74. The molecule has 0 aliphatic rings. The van der Waals surface area contributed by atoms with Crippen LogP contribution in [0.1, 0.15) is 25.3 Å². The van der Waals surface area contributed by atoms with Crippen LogP contribution >= 0.6 is 23.4 Å². The first-order valence-corrected chi connectivity index (χ1v) is 6.39. The molecule has 0 unspecified atom stereocenters. The van der Waals surface area contributed by atoms with Crippen molar-refractivity contribution in [2.45, 2.75) is 25.5 Å². The largest absolute Gasteiger partial charge is 0.398 e. The number of hydrogen-bond acceptors (Lipinski definition) is 2. The van der Waals surface area contributed by atoms with Crippen LogP contribution in [-0.4, -0.2) is 5.75 Å². The van der Waals surface area contributed by atoms with E-state index in [4.69, 9.17) is 17.3 Å². The average Bonchev–Trinajstić information content (AvgIpc) is 2.15. The molecule has 0 atom stereocenters. The van der Waals surface area contributed by atoms with Crippen molar-refractivity contribution in [3.8, 4) is 0 Å². The third kappa shape index (κ3) is 3.81. The van der Waals surface area contributed by atoms with Crippen molar-refractivity contribution in [1.29, 1.82) is 0 Å². The van der Waals surface area contributed by atoms with Crippen LogP contribution in [0.15, 0.2) is 18.2 Å². The van der Waals surface area contributed by atoms with Crippen molar-refractivity contribution in [2.24, 2.45) is 0 Å². The molecule has 2 N–H and O–H groups in total. The summed E-state index contributed by atoms with van der Waals surface area (Å²) in [6.07, 6.45) is 2.53. The lowest BCUT2D eigenvalue weighted by Crippen LogP contribution is -1.92. The summed E-state index contributed by atoms with van der Waals surface area (Å²) in [5.74, 6) is 2.20. The molecule has 1 nitrogen and oxygen atoms in total. The molecule has 0 heterocycles. The van der Waals surface area contributed by atoms with Crippen molar-refractivity contribution in [3.63, 3.8) is 0 Å². The Bertz CT molecular complexity index is 289. The fourth-order valence-corrected chi connectivity index (χ4v) is 2.43. The van der Waals surface area contributed by atoms with Gasteiger partial charge in [0.2, 0.25) is 0 Å². The van der Waals surface area contributed by atoms with Crippen LogP contribution in [0.3, 0.4) is 0 Å². The molecule has 1 aromatic carbocycles. The molecule has 1 rings (SSSR count). The summed E-state index contributed by atoms with van der Waals surface area (Å²) in [6.45, 7) is 2.21. The Kier molecular flexibility index (Phi) is 5.20. The van der Waals surface area contributed by atoms with E-state index in [1.165, 1.54) is 24.2 Å². The summed E-state index contributed by atoms with van der Waals surface area (Å²) in [4.78, 5) is 0. The van der Waals surface area contributed by atoms with Crippen LogP contribution in [-0.2, 0) is 5.75 Å². The molecule has 0 aliphatic carbocycles. The molecule has 0 fully saturated rings. The van der Waals surface area contributed by atoms with Crippen LogP contribution in [0.25, 0.3) is 0 Å². The molecule has 1 aromatic rings. The fourth-order valence-electron chi connectivity index (χ4n) is 1.13. The number of unbranched alkanes of at least 4 members (excludes halogenated alkanes) is 1. The fraction of sp³-hybridized carbons (Fsp3) is 0.455. The zero-order valence-corrected chi connectivity index (χ0v) is 10.00. The lowest BCUT2D eigenvalue weighted by Gasteiger charge is -2.05. The minimum atomic E-state index is 0.713. The summed E-state index contributed by atoms with van der Waals surface area (Å²) in [7, 11) is 0. The van der Waals surface area contributed by atoms with Gasteiger partial charge in [0.1, 0.15) is 0 Å². The number of benzene rings is 1. The van der Waals surface area contributed by atoms with E-state index < -0.39 is 0 Å². The Labute approximate surface area is 95.0 Å². The molecular weight excluding hydrogens is 214 g/mol. The van der Waals surface area contributed by atoms with Crippen LogP contribution in [0.4, 0.5) is 5.69 Å². The molecular formula is C11H16ClNS. The van der Waals surface area contributed by atoms with E-state index >= 15 is 0 Å². The maximum atomic E-state index is 5.84. The number of anilines is 1. The maximum Gasteiger partial charge on any atom is 0.0426 e. The van der Waals surface area contributed by atoms with Crippen molar-refractivity contribution in [2.75, 3.05) is 11.5 Å². The summed E-state index contributed by atoms with van der Waals surface area (Å²) < 4.78 is 0. The van der Waals surface area contributed by atoms with Gasteiger partial charge in [-0.05, 0) is 29.9 Å². The Balaban J connectivity index is 2.42. The Morgan fingerprint density at radius 1 is 1.43 bits per heavy atom. The van der Waals surface area contributed by atoms with Crippen LogP contribution in [0.5, 0.6) is 0 Å². The topological polar surface area (TPSA) is 26.0 Å². The molecule has 78 valence electrons. The molecule has 0 aliphatic heterocycles. The summed E-state index contributed by atoms with van der Waals surface area (Å²) in [5, 5.41) is 0.713. The number of nitrogen functional groups attached to an aromatic ring is 1. The van der Waals surface area contributed by atoms with Crippen molar-refractivity contribution >= 4 is 29.1 Å². The second-order valence-electron chi connectivity index (χ2n) is 3.25. The molecule has 0 amide bonds. The van der Waals surface area contributed by atoms with Gasteiger partial charge in [0.15, 0.2) is 0 Å². The average molecular weight is 230 g/mol. The van der Waals surface area contributed by atoms with Crippen LogP contribution in [0.2, 0.25) is 5.02 Å². The highest BCUT2D eigenvalue weighted by molar-refractivity contribution is 7.98. The minimum Gasteiger partial charge on any atom is -0.398 e. The third-order valence-electron chi connectivity index (χ3n) is 2.01. The van der Waals surface area contributed by atoms with E-state index in [1.54, 1.807) is 0 Å². The van der Waals surface area contributed by atoms with Gasteiger partial charge in [-0.1, -0.05) is 31.0 Å². The zero-order chi connectivity index (χ0) is 10.4. The summed E-state index contributed by atoms with van der Waals surface area (Å²) in [6, 6.07) is 5.72. The van der Waals surface area contributed by atoms with Gasteiger partial charge in [-0.3, -0.25) is 0 Å². The molecule has 0 radical (unpaired) electrons. The number of nitrogens with two attached hydrogens (primary N) is 1. The van der Waals surface area contributed by atoms with E-state index in [1.807, 2.05) is 30.0 Å². The summed E-state index contributed by atoms with van der Waals surface area (Å²) >= 11 is 7.74. The lowest BCUT2D eigenvalue weighted by molar-refractivity contribution is 0.896. The van der Waals surface area contributed by atoms with Gasteiger partial charge in [0.05, 0.1) is 0 Å². The van der Waals surface area contributed by atoms with Gasteiger partial charge in [-0.2, -0.15) is 11.8 Å². The number of hydrogen-bond donors (Lipinski definition) is 1. The summed E-state index contributed by atoms with van der Waals surface area (Å²) in [5.41, 5.74) is 7.84. The van der Waals surface area contributed by atoms with Crippen LogP contribution < -0.4 is 5.73 Å². The lowest BCUT2D eigenvalue weighted by atomic mass is 10.2. The molecule has 0 aromatic heterocycles. The van der Waals surface area contributed by atoms with Gasteiger partial charge >= 0.3 is 0 Å². The van der Waals surface area contributed by atoms with Gasteiger partial charge < -0.3 is 5.73 Å². The molecule has 0 bridgehead atoms. The van der Waals surface area contributed by atoms with Gasteiger partial charge in [0, 0.05) is 16.5 Å². The van der Waals surface area contributed by atoms with E-state index in [-0.39, 0.29) is 0 Å². The van der Waals surface area contributed by atoms with Gasteiger partial charge in [-0.15, -0.1) is 0 Å². The second kappa shape index (κ2) is 6.20. The first-order valence-electron chi connectivity index (χ1n) is 4.85. The highest BCUT2D eigenvalue weighted by Crippen LogP contribution is 2.22. The van der Waals surface area contributed by atoms with Crippen molar-refractivity contribution in [1.82, 2.24) is 0 Å². The smallest absolute Gasteiger partial charge is 0.0426 e. The maximum absolute atomic E-state index is 5.84. The molecule has 0 saturated carbocycles. The standard InChI is InChI=1S/C11H16ClNS/c1-2-3-6-14-8-9-4-5-10(12)7-11(9)13/h4-5,7H,2-3,6,8,13H2,1H3. The quantitative estimate of drug-likeness (QED) is 0.611. The molecule has 14 heavy (non-hydrogen) atoms. The van der Waals surface area contributed by atoms with Crippen LogP contribution in [0, 0.1) is 0 Å². The zero-order valence-electron chi connectivity index (χ0n) is 8.42. The number of thioether (sulfide) groups is 1.